The number of rotatable bonds is 3. The van der Waals surface area contributed by atoms with E-state index in [4.69, 9.17) is 5.73 Å². The van der Waals surface area contributed by atoms with Gasteiger partial charge in [0, 0.05) is 30.9 Å². The van der Waals surface area contributed by atoms with Crippen molar-refractivity contribution in [3.8, 4) is 0 Å². The van der Waals surface area contributed by atoms with E-state index in [2.05, 4.69) is 37.9 Å². The fraction of sp³-hybridized carbons (Fsp3) is 0.500. The Kier molecular flexibility index (Phi) is 3.84. The third kappa shape index (κ3) is 2.60. The zero-order chi connectivity index (χ0) is 16.7. The van der Waals surface area contributed by atoms with Crippen LogP contribution < -0.4 is 10.6 Å². The molecule has 126 valence electrons. The van der Waals surface area contributed by atoms with Crippen molar-refractivity contribution in [2.24, 2.45) is 7.05 Å². The average Bonchev–Trinajstić information content (AvgIpc) is 3.18. The van der Waals surface area contributed by atoms with Crippen molar-refractivity contribution in [3.05, 3.63) is 23.1 Å². The van der Waals surface area contributed by atoms with Gasteiger partial charge in [-0.25, -0.2) is 14.6 Å². The van der Waals surface area contributed by atoms with Crippen LogP contribution in [0, 0.1) is 0 Å². The van der Waals surface area contributed by atoms with Gasteiger partial charge >= 0.3 is 0 Å². The molecule has 0 aromatic carbocycles. The predicted octanol–water partition coefficient (Wildman–Crippen LogP) is 2.35. The molecular formula is C16H21N7S. The quantitative estimate of drug-likeness (QED) is 0.785. The number of piperidine rings is 1. The Hall–Kier alpha value is -2.22. The fourth-order valence-corrected chi connectivity index (χ4v) is 4.19. The molecule has 0 spiro atoms. The minimum absolute atomic E-state index is 0.371. The Labute approximate surface area is 144 Å². The Balaban J connectivity index is 1.54. The maximum atomic E-state index is 5.81. The van der Waals surface area contributed by atoms with E-state index in [0.29, 0.717) is 11.9 Å². The highest BCUT2D eigenvalue weighted by Crippen LogP contribution is 2.34. The maximum Gasteiger partial charge on any atom is 0.218 e. The van der Waals surface area contributed by atoms with E-state index < -0.39 is 0 Å². The van der Waals surface area contributed by atoms with E-state index in [1.54, 1.807) is 22.3 Å². The summed E-state index contributed by atoms with van der Waals surface area (Å²) in [4.78, 5) is 18.2. The summed E-state index contributed by atoms with van der Waals surface area (Å²) in [6.07, 6.45) is 4.75. The highest BCUT2D eigenvalue weighted by Gasteiger charge is 2.26. The van der Waals surface area contributed by atoms with Crippen molar-refractivity contribution in [2.75, 3.05) is 23.7 Å². The first kappa shape index (κ1) is 15.3. The molecule has 0 radical (unpaired) electrons. The second-order valence-corrected chi connectivity index (χ2v) is 7.31. The van der Waals surface area contributed by atoms with Crippen molar-refractivity contribution in [1.82, 2.24) is 24.7 Å². The zero-order valence-electron chi connectivity index (χ0n) is 13.9. The van der Waals surface area contributed by atoms with Gasteiger partial charge in [0.25, 0.3) is 0 Å². The minimum Gasteiger partial charge on any atom is -0.368 e. The zero-order valence-corrected chi connectivity index (χ0v) is 14.8. The Morgan fingerprint density at radius 1 is 1.29 bits per heavy atom. The van der Waals surface area contributed by atoms with Gasteiger partial charge < -0.3 is 10.6 Å². The first-order chi connectivity index (χ1) is 11.7. The second-order valence-electron chi connectivity index (χ2n) is 6.20. The number of anilines is 2. The molecule has 7 nitrogen and oxygen atoms in total. The van der Waals surface area contributed by atoms with Gasteiger partial charge in [-0.15, -0.1) is 11.3 Å². The average molecular weight is 343 g/mol. The summed E-state index contributed by atoms with van der Waals surface area (Å²) in [5.41, 5.74) is 5.81. The molecule has 3 aromatic heterocycles. The number of aromatic nitrogens is 5. The van der Waals surface area contributed by atoms with Crippen molar-refractivity contribution in [2.45, 2.75) is 32.1 Å². The van der Waals surface area contributed by atoms with Gasteiger partial charge in [0.1, 0.15) is 17.0 Å². The smallest absolute Gasteiger partial charge is 0.218 e. The lowest BCUT2D eigenvalue weighted by molar-refractivity contribution is 0.482. The van der Waals surface area contributed by atoms with Crippen LogP contribution in [0.25, 0.3) is 10.2 Å². The lowest BCUT2D eigenvalue weighted by atomic mass is 9.96. The van der Waals surface area contributed by atoms with Crippen LogP contribution in [0.1, 0.15) is 36.4 Å². The van der Waals surface area contributed by atoms with Gasteiger partial charge in [0.15, 0.2) is 5.82 Å². The van der Waals surface area contributed by atoms with Crippen LogP contribution in [0.15, 0.2) is 12.4 Å². The normalized spacial score (nSPS) is 16.2. The Bertz CT molecular complexity index is 841. The van der Waals surface area contributed by atoms with Gasteiger partial charge in [-0.1, -0.05) is 6.92 Å². The Morgan fingerprint density at radius 3 is 2.75 bits per heavy atom. The number of fused-ring (bicyclic) bond motifs is 1. The van der Waals surface area contributed by atoms with Gasteiger partial charge in [0.05, 0.1) is 5.39 Å². The number of hydrogen-bond donors (Lipinski definition) is 1. The number of thiophene rings is 1. The van der Waals surface area contributed by atoms with E-state index in [9.17, 15) is 0 Å². The molecule has 1 fully saturated rings. The van der Waals surface area contributed by atoms with E-state index >= 15 is 0 Å². The molecule has 0 atom stereocenters. The number of nitrogen functional groups attached to an aromatic ring is 1. The number of hydrogen-bond acceptors (Lipinski definition) is 7. The monoisotopic (exact) mass is 343 g/mol. The third-order valence-corrected chi connectivity index (χ3v) is 5.87. The summed E-state index contributed by atoms with van der Waals surface area (Å²) in [5, 5.41) is 5.61. The first-order valence-corrected chi connectivity index (χ1v) is 9.12. The van der Waals surface area contributed by atoms with Crippen molar-refractivity contribution in [1.29, 1.82) is 0 Å². The standard InChI is InChI=1S/C16H21N7S/c1-3-11-8-12-14(18-9-19-15(12)24-11)23-6-4-10(5-7-23)13-20-16(17)22(2)21-13/h8-10H,3-7H2,1-2H3,(H2,17,20,21). The SMILES string of the molecule is CCc1cc2c(N3CCC(c4nc(N)n(C)n4)CC3)ncnc2s1. The summed E-state index contributed by atoms with van der Waals surface area (Å²) < 4.78 is 1.65. The van der Waals surface area contributed by atoms with Crippen molar-refractivity contribution < 1.29 is 0 Å². The van der Waals surface area contributed by atoms with E-state index in [-0.39, 0.29) is 0 Å². The number of aryl methyl sites for hydroxylation is 2. The van der Waals surface area contributed by atoms with Crippen LogP contribution in [0.3, 0.4) is 0 Å². The molecule has 1 aliphatic heterocycles. The lowest BCUT2D eigenvalue weighted by Crippen LogP contribution is -2.34. The molecule has 3 aromatic rings. The molecule has 2 N–H and O–H groups in total. The second kappa shape index (κ2) is 6.01. The van der Waals surface area contributed by atoms with E-state index in [0.717, 1.165) is 48.8 Å². The summed E-state index contributed by atoms with van der Waals surface area (Å²) in [6.45, 7) is 4.08. The topological polar surface area (TPSA) is 85.8 Å². The molecule has 0 bridgehead atoms. The van der Waals surface area contributed by atoms with Gasteiger partial charge in [-0.3, -0.25) is 0 Å². The van der Waals surface area contributed by atoms with Crippen LogP contribution >= 0.6 is 11.3 Å². The van der Waals surface area contributed by atoms with Crippen LogP contribution in [0.4, 0.5) is 11.8 Å². The molecule has 8 heteroatoms. The van der Waals surface area contributed by atoms with Crippen LogP contribution in [0.2, 0.25) is 0 Å². The molecule has 4 rings (SSSR count). The van der Waals surface area contributed by atoms with E-state index in [1.165, 1.54) is 10.3 Å². The first-order valence-electron chi connectivity index (χ1n) is 8.30. The van der Waals surface area contributed by atoms with Gasteiger partial charge in [0.2, 0.25) is 5.95 Å². The lowest BCUT2D eigenvalue weighted by Gasteiger charge is -2.31. The molecule has 4 heterocycles. The number of nitrogens with zero attached hydrogens (tertiary/aromatic N) is 6. The highest BCUT2D eigenvalue weighted by molar-refractivity contribution is 7.18. The number of nitrogens with two attached hydrogens (primary N) is 1. The summed E-state index contributed by atoms with van der Waals surface area (Å²) in [7, 11) is 1.83. The maximum absolute atomic E-state index is 5.81. The minimum atomic E-state index is 0.371. The molecule has 0 saturated carbocycles. The third-order valence-electron chi connectivity index (χ3n) is 4.68. The largest absolute Gasteiger partial charge is 0.368 e. The van der Waals surface area contributed by atoms with E-state index in [1.807, 2.05) is 7.05 Å². The molecular weight excluding hydrogens is 322 g/mol. The molecule has 0 unspecified atom stereocenters. The van der Waals surface area contributed by atoms with Gasteiger partial charge in [-0.2, -0.15) is 10.1 Å². The molecule has 1 saturated heterocycles. The fourth-order valence-electron chi connectivity index (χ4n) is 3.26. The molecule has 1 aliphatic rings. The van der Waals surface area contributed by atoms with Crippen molar-refractivity contribution in [3.63, 3.8) is 0 Å². The summed E-state index contributed by atoms with van der Waals surface area (Å²) in [6, 6.07) is 2.24. The molecule has 0 aliphatic carbocycles. The molecule has 24 heavy (non-hydrogen) atoms. The highest BCUT2D eigenvalue weighted by atomic mass is 32.1. The Morgan fingerprint density at radius 2 is 2.08 bits per heavy atom. The predicted molar refractivity (Wildman–Crippen MR) is 96.4 cm³/mol. The van der Waals surface area contributed by atoms with Gasteiger partial charge in [-0.05, 0) is 25.3 Å². The van der Waals surface area contributed by atoms with Crippen LogP contribution in [0.5, 0.6) is 0 Å². The molecule has 0 amide bonds. The summed E-state index contributed by atoms with van der Waals surface area (Å²) in [5.74, 6) is 2.78. The van der Waals surface area contributed by atoms with Crippen LogP contribution in [-0.4, -0.2) is 37.8 Å². The summed E-state index contributed by atoms with van der Waals surface area (Å²) >= 11 is 1.76. The van der Waals surface area contributed by atoms with Crippen LogP contribution in [-0.2, 0) is 13.5 Å². The van der Waals surface area contributed by atoms with Crippen molar-refractivity contribution >= 4 is 33.3 Å².